The Kier molecular flexibility index (Phi) is 6.04. The summed E-state index contributed by atoms with van der Waals surface area (Å²) in [5, 5.41) is 15.1. The van der Waals surface area contributed by atoms with Crippen molar-refractivity contribution in [3.63, 3.8) is 0 Å². The van der Waals surface area contributed by atoms with Crippen molar-refractivity contribution in [2.24, 2.45) is 5.16 Å². The van der Waals surface area contributed by atoms with Crippen LogP contribution in [0.5, 0.6) is 0 Å². The van der Waals surface area contributed by atoms with Crippen LogP contribution in [-0.4, -0.2) is 41.7 Å². The molecular weight excluding hydrogens is 416 g/mol. The van der Waals surface area contributed by atoms with Crippen LogP contribution < -0.4 is 4.90 Å². The molecule has 3 aromatic rings. The summed E-state index contributed by atoms with van der Waals surface area (Å²) < 4.78 is 0. The first-order valence-electron chi connectivity index (χ1n) is 11.2. The van der Waals surface area contributed by atoms with E-state index >= 15 is 0 Å². The molecule has 0 aliphatic carbocycles. The molecule has 7 heteroatoms. The molecule has 0 bridgehead atoms. The van der Waals surface area contributed by atoms with Crippen molar-refractivity contribution in [3.05, 3.63) is 106 Å². The number of hydrogen-bond acceptors (Lipinski definition) is 6. The van der Waals surface area contributed by atoms with Crippen molar-refractivity contribution in [1.29, 1.82) is 0 Å². The van der Waals surface area contributed by atoms with E-state index in [1.807, 2.05) is 0 Å². The van der Waals surface area contributed by atoms with Crippen LogP contribution in [0.1, 0.15) is 29.2 Å². The first-order valence-corrected chi connectivity index (χ1v) is 11.2. The summed E-state index contributed by atoms with van der Waals surface area (Å²) in [6.07, 6.45) is 0.516. The highest BCUT2D eigenvalue weighted by Gasteiger charge is 2.25. The first-order chi connectivity index (χ1) is 16.2. The number of rotatable bonds is 6. The molecule has 5 rings (SSSR count). The zero-order valence-electron chi connectivity index (χ0n) is 18.3. The molecule has 2 heterocycles. The van der Waals surface area contributed by atoms with E-state index in [9.17, 15) is 10.1 Å². The van der Waals surface area contributed by atoms with E-state index in [1.165, 1.54) is 23.4 Å². The van der Waals surface area contributed by atoms with Crippen LogP contribution >= 0.6 is 0 Å². The molecule has 1 unspecified atom stereocenters. The fourth-order valence-electron chi connectivity index (χ4n) is 4.41. The predicted molar refractivity (Wildman–Crippen MR) is 128 cm³/mol. The Morgan fingerprint density at radius 2 is 1.61 bits per heavy atom. The van der Waals surface area contributed by atoms with Gasteiger partial charge in [-0.25, -0.2) is 0 Å². The second-order valence-electron chi connectivity index (χ2n) is 8.48. The van der Waals surface area contributed by atoms with Crippen LogP contribution in [0.2, 0.25) is 0 Å². The zero-order valence-corrected chi connectivity index (χ0v) is 18.3. The van der Waals surface area contributed by atoms with E-state index in [4.69, 9.17) is 4.84 Å². The van der Waals surface area contributed by atoms with Gasteiger partial charge in [0.2, 0.25) is 0 Å². The summed E-state index contributed by atoms with van der Waals surface area (Å²) in [5.74, 6) is 0. The number of oxime groups is 1. The smallest absolute Gasteiger partial charge is 0.269 e. The van der Waals surface area contributed by atoms with Crippen molar-refractivity contribution in [3.8, 4) is 0 Å². The van der Waals surface area contributed by atoms with Crippen LogP contribution in [0, 0.1) is 10.1 Å². The third kappa shape index (κ3) is 4.88. The monoisotopic (exact) mass is 442 g/mol. The lowest BCUT2D eigenvalue weighted by molar-refractivity contribution is -0.384. The summed E-state index contributed by atoms with van der Waals surface area (Å²) in [5.41, 5.74) is 5.42. The molecule has 0 spiro atoms. The second kappa shape index (κ2) is 9.42. The molecule has 1 fully saturated rings. The second-order valence-corrected chi connectivity index (χ2v) is 8.48. The van der Waals surface area contributed by atoms with Gasteiger partial charge in [-0.1, -0.05) is 47.6 Å². The van der Waals surface area contributed by atoms with E-state index in [0.29, 0.717) is 6.42 Å². The maximum absolute atomic E-state index is 10.8. The van der Waals surface area contributed by atoms with Gasteiger partial charge < -0.3 is 9.74 Å². The standard InChI is InChI=1S/C26H26N4O3/c31-30(32)24-12-6-21(7-13-24)25-18-26(33-27-25)22-8-10-23(11-9-22)29-16-14-28(15-17-29)19-20-4-2-1-3-5-20/h1-13,26H,14-19H2. The van der Waals surface area contributed by atoms with Gasteiger partial charge in [-0.3, -0.25) is 15.0 Å². The lowest BCUT2D eigenvalue weighted by Crippen LogP contribution is -2.45. The number of nitro benzene ring substituents is 1. The molecule has 0 saturated carbocycles. The van der Waals surface area contributed by atoms with E-state index < -0.39 is 4.92 Å². The normalized spacial score (nSPS) is 18.6. The Hall–Kier alpha value is -3.71. The van der Waals surface area contributed by atoms with Gasteiger partial charge in [0.1, 0.15) is 0 Å². The molecule has 1 atom stereocenters. The molecule has 1 saturated heterocycles. The summed E-state index contributed by atoms with van der Waals surface area (Å²) in [7, 11) is 0. The molecule has 3 aromatic carbocycles. The number of piperazine rings is 1. The minimum absolute atomic E-state index is 0.0753. The number of nitro groups is 1. The lowest BCUT2D eigenvalue weighted by atomic mass is 10.00. The quantitative estimate of drug-likeness (QED) is 0.406. The predicted octanol–water partition coefficient (Wildman–Crippen LogP) is 4.78. The zero-order chi connectivity index (χ0) is 22.6. The Morgan fingerprint density at radius 3 is 2.27 bits per heavy atom. The van der Waals surface area contributed by atoms with Crippen LogP contribution in [-0.2, 0) is 11.4 Å². The highest BCUT2D eigenvalue weighted by Crippen LogP contribution is 2.31. The van der Waals surface area contributed by atoms with Crippen molar-refractivity contribution in [1.82, 2.24) is 4.90 Å². The minimum Gasteiger partial charge on any atom is -0.387 e. The maximum atomic E-state index is 10.8. The Morgan fingerprint density at radius 1 is 0.909 bits per heavy atom. The molecule has 0 N–H and O–H groups in total. The fraction of sp³-hybridized carbons (Fsp3) is 0.269. The number of benzene rings is 3. The topological polar surface area (TPSA) is 71.2 Å². The fourth-order valence-corrected chi connectivity index (χ4v) is 4.41. The van der Waals surface area contributed by atoms with E-state index in [0.717, 1.165) is 49.6 Å². The Labute approximate surface area is 193 Å². The van der Waals surface area contributed by atoms with Gasteiger partial charge in [-0.05, 0) is 41.0 Å². The SMILES string of the molecule is O=[N+]([O-])c1ccc(C2=NOC(c3ccc(N4CCN(Cc5ccccc5)CC4)cc3)C2)cc1. The van der Waals surface area contributed by atoms with Gasteiger partial charge in [0.25, 0.3) is 5.69 Å². The molecule has 2 aliphatic heterocycles. The van der Waals surface area contributed by atoms with Crippen LogP contribution in [0.3, 0.4) is 0 Å². The number of anilines is 1. The van der Waals surface area contributed by atoms with Gasteiger partial charge in [-0.2, -0.15) is 0 Å². The van der Waals surface area contributed by atoms with Gasteiger partial charge >= 0.3 is 0 Å². The van der Waals surface area contributed by atoms with Gasteiger partial charge in [-0.15, -0.1) is 0 Å². The van der Waals surface area contributed by atoms with Crippen molar-refractivity contribution in [2.45, 2.75) is 19.1 Å². The highest BCUT2D eigenvalue weighted by molar-refractivity contribution is 6.01. The molecule has 168 valence electrons. The molecule has 0 amide bonds. The first kappa shape index (κ1) is 21.2. The Bertz CT molecular complexity index is 1120. The van der Waals surface area contributed by atoms with Crippen LogP contribution in [0.25, 0.3) is 0 Å². The minimum atomic E-state index is -0.399. The summed E-state index contributed by atoms with van der Waals surface area (Å²) in [6.45, 7) is 5.13. The maximum Gasteiger partial charge on any atom is 0.269 e. The lowest BCUT2D eigenvalue weighted by Gasteiger charge is -2.36. The van der Waals surface area contributed by atoms with E-state index in [2.05, 4.69) is 69.6 Å². The molecule has 0 radical (unpaired) electrons. The van der Waals surface area contributed by atoms with E-state index in [1.54, 1.807) is 12.1 Å². The molecule has 2 aliphatic rings. The summed E-state index contributed by atoms with van der Waals surface area (Å²) in [6, 6.07) is 25.6. The van der Waals surface area contributed by atoms with Crippen molar-refractivity contribution >= 4 is 17.1 Å². The molecular formula is C26H26N4O3. The van der Waals surface area contributed by atoms with Crippen molar-refractivity contribution in [2.75, 3.05) is 31.1 Å². The number of non-ortho nitro benzene ring substituents is 1. The van der Waals surface area contributed by atoms with Gasteiger partial charge in [0, 0.05) is 57.0 Å². The van der Waals surface area contributed by atoms with Gasteiger partial charge in [0.15, 0.2) is 6.10 Å². The van der Waals surface area contributed by atoms with E-state index in [-0.39, 0.29) is 11.8 Å². The third-order valence-electron chi connectivity index (χ3n) is 6.33. The number of hydrogen-bond donors (Lipinski definition) is 0. The van der Waals surface area contributed by atoms with Crippen LogP contribution in [0.4, 0.5) is 11.4 Å². The molecule has 0 aromatic heterocycles. The molecule has 7 nitrogen and oxygen atoms in total. The average molecular weight is 443 g/mol. The third-order valence-corrected chi connectivity index (χ3v) is 6.33. The van der Waals surface area contributed by atoms with Crippen molar-refractivity contribution < 1.29 is 9.76 Å². The summed E-state index contributed by atoms with van der Waals surface area (Å²) >= 11 is 0. The highest BCUT2D eigenvalue weighted by atomic mass is 16.6. The summed E-state index contributed by atoms with van der Waals surface area (Å²) in [4.78, 5) is 21.1. The largest absolute Gasteiger partial charge is 0.387 e. The van der Waals surface area contributed by atoms with Gasteiger partial charge in [0.05, 0.1) is 10.6 Å². The molecule has 33 heavy (non-hydrogen) atoms. The average Bonchev–Trinajstić information content (AvgIpc) is 3.36. The number of nitrogens with zero attached hydrogens (tertiary/aromatic N) is 4. The Balaban J connectivity index is 1.15. The van der Waals surface area contributed by atoms with Crippen LogP contribution in [0.15, 0.2) is 84.0 Å².